The first-order valence-corrected chi connectivity index (χ1v) is 8.44. The lowest BCUT2D eigenvalue weighted by Crippen LogP contribution is -2.54. The van der Waals surface area contributed by atoms with Crippen molar-refractivity contribution in [3.63, 3.8) is 0 Å². The molecule has 4 bridgehead atoms. The Morgan fingerprint density at radius 1 is 1.19 bits per heavy atom. The Hall–Kier alpha value is -1.27. The van der Waals surface area contributed by atoms with Crippen LogP contribution in [-0.4, -0.2) is 10.6 Å². The van der Waals surface area contributed by atoms with Gasteiger partial charge < -0.3 is 9.88 Å². The number of aromatic nitrogens is 1. The van der Waals surface area contributed by atoms with E-state index in [9.17, 15) is 0 Å². The smallest absolute Gasteiger partial charge is 0.120 e. The predicted octanol–water partition coefficient (Wildman–Crippen LogP) is 3.12. The Morgan fingerprint density at radius 2 is 1.81 bits per heavy atom. The fraction of sp³-hybridized carbons (Fsp3) is 0.722. The van der Waals surface area contributed by atoms with Gasteiger partial charge in [-0.05, 0) is 74.3 Å². The summed E-state index contributed by atoms with van der Waals surface area (Å²) >= 11 is 0. The predicted molar refractivity (Wildman–Crippen MR) is 82.5 cm³/mol. The molecule has 0 atom stereocenters. The average Bonchev–Trinajstić information content (AvgIpc) is 2.73. The molecule has 0 unspecified atom stereocenters. The van der Waals surface area contributed by atoms with Crippen LogP contribution in [0.1, 0.15) is 49.1 Å². The Kier molecular flexibility index (Phi) is 3.11. The van der Waals surface area contributed by atoms with Gasteiger partial charge in [0, 0.05) is 25.3 Å². The van der Waals surface area contributed by atoms with E-state index in [2.05, 4.69) is 24.4 Å². The van der Waals surface area contributed by atoms with Crippen molar-refractivity contribution < 1.29 is 0 Å². The average molecular weight is 283 g/mol. The third-order valence-corrected chi connectivity index (χ3v) is 6.51. The van der Waals surface area contributed by atoms with E-state index in [1.165, 1.54) is 43.4 Å². The number of nitrogens with zero attached hydrogens (tertiary/aromatic N) is 2. The van der Waals surface area contributed by atoms with Crippen LogP contribution in [0.25, 0.3) is 0 Å². The van der Waals surface area contributed by atoms with Gasteiger partial charge in [-0.3, -0.25) is 0 Å². The molecule has 1 N–H and O–H groups in total. The lowest BCUT2D eigenvalue weighted by molar-refractivity contribution is -0.0142. The van der Waals surface area contributed by atoms with E-state index in [4.69, 9.17) is 5.26 Å². The van der Waals surface area contributed by atoms with Crippen molar-refractivity contribution in [3.05, 3.63) is 23.0 Å². The van der Waals surface area contributed by atoms with Crippen molar-refractivity contribution in [1.82, 2.24) is 9.88 Å². The van der Waals surface area contributed by atoms with Crippen molar-refractivity contribution in [2.45, 2.75) is 51.6 Å². The molecule has 0 radical (unpaired) electrons. The second kappa shape index (κ2) is 4.88. The van der Waals surface area contributed by atoms with E-state index >= 15 is 0 Å². The van der Waals surface area contributed by atoms with Crippen LogP contribution in [0.5, 0.6) is 0 Å². The molecule has 0 aliphatic heterocycles. The minimum absolute atomic E-state index is 0.725. The minimum Gasteiger partial charge on any atom is -0.340 e. The fourth-order valence-corrected chi connectivity index (χ4v) is 5.53. The van der Waals surface area contributed by atoms with Gasteiger partial charge in [-0.2, -0.15) is 5.26 Å². The highest BCUT2D eigenvalue weighted by molar-refractivity contribution is 5.34. The van der Waals surface area contributed by atoms with Gasteiger partial charge in [0.1, 0.15) is 11.8 Å². The van der Waals surface area contributed by atoms with E-state index < -0.39 is 0 Å². The Labute approximate surface area is 127 Å². The third-order valence-electron chi connectivity index (χ3n) is 6.51. The summed E-state index contributed by atoms with van der Waals surface area (Å²) in [6.07, 6.45) is 7.36. The molecule has 0 spiro atoms. The molecule has 4 fully saturated rings. The summed E-state index contributed by atoms with van der Waals surface area (Å²) in [6.45, 7) is 3.04. The number of nitriles is 1. The number of hydrogen-bond donors (Lipinski definition) is 1. The summed E-state index contributed by atoms with van der Waals surface area (Å²) < 4.78 is 2.01. The van der Waals surface area contributed by atoms with Crippen LogP contribution in [0, 0.1) is 41.9 Å². The van der Waals surface area contributed by atoms with Crippen molar-refractivity contribution in [1.29, 1.82) is 5.26 Å². The lowest BCUT2D eigenvalue weighted by Gasteiger charge is -2.54. The molecule has 1 aromatic rings. The van der Waals surface area contributed by atoms with E-state index in [0.717, 1.165) is 42.0 Å². The molecule has 4 aliphatic rings. The van der Waals surface area contributed by atoms with Gasteiger partial charge in [-0.1, -0.05) is 0 Å². The van der Waals surface area contributed by atoms with Crippen molar-refractivity contribution in [3.8, 4) is 6.07 Å². The third kappa shape index (κ3) is 2.12. The van der Waals surface area contributed by atoms with E-state index in [-0.39, 0.29) is 0 Å². The minimum atomic E-state index is 0.725. The maximum atomic E-state index is 9.15. The zero-order valence-electron chi connectivity index (χ0n) is 13.1. The fourth-order valence-electron chi connectivity index (χ4n) is 5.53. The number of rotatable bonds is 3. The summed E-state index contributed by atoms with van der Waals surface area (Å²) in [4.78, 5) is 0. The zero-order valence-corrected chi connectivity index (χ0v) is 13.1. The standard InChI is InChI=1S/C18H25N3/c1-11-16(8-17(9-19)21(11)2)10-20-18-14-4-12-3-13(6-14)7-15(18)5-12/h8,12-15,18,20H,3-7,10H2,1-2H3. The van der Waals surface area contributed by atoms with Crippen LogP contribution in [0.4, 0.5) is 0 Å². The van der Waals surface area contributed by atoms with Crippen LogP contribution in [-0.2, 0) is 13.6 Å². The molecule has 0 amide bonds. The normalized spacial score (nSPS) is 36.9. The van der Waals surface area contributed by atoms with E-state index in [1.807, 2.05) is 11.6 Å². The molecule has 21 heavy (non-hydrogen) atoms. The first-order chi connectivity index (χ1) is 10.2. The van der Waals surface area contributed by atoms with Crippen LogP contribution in [0.2, 0.25) is 0 Å². The molecule has 112 valence electrons. The first-order valence-electron chi connectivity index (χ1n) is 8.44. The molecule has 1 aromatic heterocycles. The monoisotopic (exact) mass is 283 g/mol. The number of nitrogens with one attached hydrogen (secondary N) is 1. The quantitative estimate of drug-likeness (QED) is 0.926. The lowest BCUT2D eigenvalue weighted by atomic mass is 9.54. The zero-order chi connectivity index (χ0) is 14.6. The maximum absolute atomic E-state index is 9.15. The molecule has 3 nitrogen and oxygen atoms in total. The molecule has 1 heterocycles. The van der Waals surface area contributed by atoms with Gasteiger partial charge in [0.2, 0.25) is 0 Å². The second-order valence-corrected chi connectivity index (χ2v) is 7.65. The molecule has 0 saturated heterocycles. The van der Waals surface area contributed by atoms with Crippen LogP contribution in [0.15, 0.2) is 6.07 Å². The summed E-state index contributed by atoms with van der Waals surface area (Å²) in [5.74, 6) is 3.91. The van der Waals surface area contributed by atoms with Crippen LogP contribution in [0.3, 0.4) is 0 Å². The SMILES string of the molecule is Cc1c(CNC2C3CC4CC(C3)CC2C4)cc(C#N)n1C. The van der Waals surface area contributed by atoms with Gasteiger partial charge in [0.15, 0.2) is 0 Å². The Balaban J connectivity index is 1.47. The molecule has 5 rings (SSSR count). The van der Waals surface area contributed by atoms with Gasteiger partial charge >= 0.3 is 0 Å². The number of hydrogen-bond acceptors (Lipinski definition) is 2. The van der Waals surface area contributed by atoms with Crippen molar-refractivity contribution in [2.24, 2.45) is 30.7 Å². The molecular weight excluding hydrogens is 258 g/mol. The van der Waals surface area contributed by atoms with Crippen molar-refractivity contribution in [2.75, 3.05) is 0 Å². The van der Waals surface area contributed by atoms with Gasteiger partial charge in [-0.25, -0.2) is 0 Å². The van der Waals surface area contributed by atoms with E-state index in [0.29, 0.717) is 0 Å². The summed E-state index contributed by atoms with van der Waals surface area (Å²) in [5.41, 5.74) is 3.29. The molecular formula is C18H25N3. The highest BCUT2D eigenvalue weighted by Gasteiger charge is 2.47. The second-order valence-electron chi connectivity index (χ2n) is 7.65. The topological polar surface area (TPSA) is 40.8 Å². The van der Waals surface area contributed by atoms with Gasteiger partial charge in [-0.15, -0.1) is 0 Å². The molecule has 4 aliphatic carbocycles. The Morgan fingerprint density at radius 3 is 2.33 bits per heavy atom. The van der Waals surface area contributed by atoms with Crippen LogP contribution < -0.4 is 5.32 Å². The van der Waals surface area contributed by atoms with Gasteiger partial charge in [0.05, 0.1) is 0 Å². The molecule has 0 aromatic carbocycles. The first kappa shape index (κ1) is 13.4. The van der Waals surface area contributed by atoms with Crippen molar-refractivity contribution >= 4 is 0 Å². The summed E-state index contributed by atoms with van der Waals surface area (Å²) in [6, 6.07) is 5.06. The van der Waals surface area contributed by atoms with Crippen LogP contribution >= 0.6 is 0 Å². The summed E-state index contributed by atoms with van der Waals surface area (Å²) in [5, 5.41) is 13.0. The highest BCUT2D eigenvalue weighted by Crippen LogP contribution is 2.53. The maximum Gasteiger partial charge on any atom is 0.120 e. The molecule has 3 heteroatoms. The summed E-state index contributed by atoms with van der Waals surface area (Å²) in [7, 11) is 1.99. The molecule has 4 saturated carbocycles. The van der Waals surface area contributed by atoms with E-state index in [1.54, 1.807) is 0 Å². The van der Waals surface area contributed by atoms with Gasteiger partial charge in [0.25, 0.3) is 0 Å². The Bertz CT molecular complexity index is 564. The highest BCUT2D eigenvalue weighted by atomic mass is 15.0. The largest absolute Gasteiger partial charge is 0.340 e.